The second-order valence-corrected chi connectivity index (χ2v) is 7.83. The van der Waals surface area contributed by atoms with Crippen LogP contribution < -0.4 is 29.6 Å². The van der Waals surface area contributed by atoms with Crippen molar-refractivity contribution in [2.75, 3.05) is 6.61 Å². The van der Waals surface area contributed by atoms with Crippen LogP contribution in [0, 0.1) is 5.92 Å². The molecule has 1 fully saturated rings. The fourth-order valence-electron chi connectivity index (χ4n) is 2.83. The Labute approximate surface area is 163 Å². The Morgan fingerprint density at radius 2 is 1.83 bits per heavy atom. The predicted molar refractivity (Wildman–Crippen MR) is 85.0 cm³/mol. The van der Waals surface area contributed by atoms with Gasteiger partial charge in [0, 0.05) is 11.7 Å². The molecule has 1 aliphatic carbocycles. The summed E-state index contributed by atoms with van der Waals surface area (Å²) >= 11 is 0. The van der Waals surface area contributed by atoms with E-state index in [-0.39, 0.29) is 29.6 Å². The third-order valence-electron chi connectivity index (χ3n) is 4.28. The molecule has 1 rings (SSSR count). The van der Waals surface area contributed by atoms with Crippen molar-refractivity contribution in [2.24, 2.45) is 5.92 Å². The van der Waals surface area contributed by atoms with Crippen LogP contribution in [0.4, 0.5) is 0 Å². The largest absolute Gasteiger partial charge is 1.00 e. The van der Waals surface area contributed by atoms with Gasteiger partial charge in [0.25, 0.3) is 0 Å². The number of rotatable bonds is 11. The van der Waals surface area contributed by atoms with Crippen LogP contribution in [0.3, 0.4) is 0 Å². The molecular formula is C16H29NaO5S. The Hall–Kier alpha value is 0.410. The van der Waals surface area contributed by atoms with Crippen LogP contribution in [0.15, 0.2) is 12.3 Å². The van der Waals surface area contributed by atoms with E-state index in [2.05, 4.69) is 13.5 Å². The van der Waals surface area contributed by atoms with Gasteiger partial charge in [-0.25, -0.2) is 8.42 Å². The quantitative estimate of drug-likeness (QED) is 0.137. The van der Waals surface area contributed by atoms with E-state index in [1.54, 1.807) is 0 Å². The van der Waals surface area contributed by atoms with Crippen LogP contribution in [-0.2, 0) is 19.9 Å². The molecule has 23 heavy (non-hydrogen) atoms. The summed E-state index contributed by atoms with van der Waals surface area (Å²) in [6.07, 6.45) is 8.74. The van der Waals surface area contributed by atoms with Crippen LogP contribution >= 0.6 is 0 Å². The summed E-state index contributed by atoms with van der Waals surface area (Å²) in [4.78, 5) is 10.1. The minimum atomic E-state index is -4.09. The molecule has 0 radical (unpaired) electrons. The Morgan fingerprint density at radius 3 is 2.39 bits per heavy atom. The average molecular weight is 356 g/mol. The molecule has 1 aliphatic rings. The molecule has 130 valence electrons. The zero-order valence-electron chi connectivity index (χ0n) is 14.6. The van der Waals surface area contributed by atoms with E-state index in [0.717, 1.165) is 51.4 Å². The zero-order chi connectivity index (χ0) is 16.4. The maximum Gasteiger partial charge on any atom is 1.00 e. The summed E-state index contributed by atoms with van der Waals surface area (Å²) in [5.74, 6) is 1.21. The molecule has 0 heterocycles. The molecule has 0 aromatic carbocycles. The minimum Gasteiger partial charge on any atom is -0.748 e. The topological polar surface area (TPSA) is 75.7 Å². The maximum absolute atomic E-state index is 11.0. The van der Waals surface area contributed by atoms with Crippen LogP contribution in [0.5, 0.6) is 0 Å². The monoisotopic (exact) mass is 356 g/mol. The van der Waals surface area contributed by atoms with E-state index >= 15 is 0 Å². The molecule has 5 nitrogen and oxygen atoms in total. The summed E-state index contributed by atoms with van der Waals surface area (Å²) in [6, 6.07) is 0. The first-order valence-corrected chi connectivity index (χ1v) is 9.82. The van der Waals surface area contributed by atoms with Crippen molar-refractivity contribution in [3.63, 3.8) is 0 Å². The van der Waals surface area contributed by atoms with Gasteiger partial charge in [0.15, 0.2) is 0 Å². The number of hydrogen-bond donors (Lipinski definition) is 0. The molecule has 0 aromatic heterocycles. The normalized spacial score (nSPS) is 21.5. The average Bonchev–Trinajstić information content (AvgIpc) is 2.48. The number of hydrogen-bond acceptors (Lipinski definition) is 5. The van der Waals surface area contributed by atoms with Crippen molar-refractivity contribution in [3.05, 3.63) is 12.3 Å². The Balaban J connectivity index is 0.00000484. The maximum atomic E-state index is 11.0. The molecule has 0 spiro atoms. The van der Waals surface area contributed by atoms with Crippen LogP contribution in [-0.4, -0.2) is 24.8 Å². The molecular weight excluding hydrogens is 327 g/mol. The summed E-state index contributed by atoms with van der Waals surface area (Å²) in [5, 5.41) is -0.655. The Morgan fingerprint density at radius 1 is 1.17 bits per heavy atom. The van der Waals surface area contributed by atoms with Crippen LogP contribution in [0.2, 0.25) is 0 Å². The summed E-state index contributed by atoms with van der Waals surface area (Å²) in [7, 11) is -4.09. The minimum absolute atomic E-state index is 0. The second kappa shape index (κ2) is 12.7. The smallest absolute Gasteiger partial charge is 0.748 e. The van der Waals surface area contributed by atoms with Gasteiger partial charge in [-0.05, 0) is 44.4 Å². The van der Waals surface area contributed by atoms with Crippen molar-refractivity contribution in [2.45, 2.75) is 76.4 Å². The van der Waals surface area contributed by atoms with Crippen LogP contribution in [0.25, 0.3) is 0 Å². The molecule has 0 aromatic rings. The predicted octanol–water partition coefficient (Wildman–Crippen LogP) is 0.917. The molecule has 0 bridgehead atoms. The van der Waals surface area contributed by atoms with Crippen molar-refractivity contribution >= 4 is 10.1 Å². The molecule has 7 heteroatoms. The van der Waals surface area contributed by atoms with Gasteiger partial charge in [-0.1, -0.05) is 32.8 Å². The fraction of sp³-hybridized carbons (Fsp3) is 0.875. The first-order valence-electron chi connectivity index (χ1n) is 8.35. The van der Waals surface area contributed by atoms with Crippen molar-refractivity contribution in [1.29, 1.82) is 0 Å². The van der Waals surface area contributed by atoms with E-state index in [1.165, 1.54) is 0 Å². The molecule has 0 aliphatic heterocycles. The van der Waals surface area contributed by atoms with E-state index in [9.17, 15) is 13.0 Å². The molecule has 0 unspecified atom stereocenters. The van der Waals surface area contributed by atoms with Crippen molar-refractivity contribution < 1.29 is 52.3 Å². The summed E-state index contributed by atoms with van der Waals surface area (Å²) in [6.45, 7) is 6.52. The summed E-state index contributed by atoms with van der Waals surface area (Å²) in [5.41, 5.74) is 0. The van der Waals surface area contributed by atoms with Gasteiger partial charge in [-0.2, -0.15) is 4.89 Å². The van der Waals surface area contributed by atoms with Crippen molar-refractivity contribution in [1.82, 2.24) is 0 Å². The Kier molecular flexibility index (Phi) is 13.0. The fourth-order valence-corrected chi connectivity index (χ4v) is 3.68. The zero-order valence-corrected chi connectivity index (χ0v) is 17.4. The van der Waals surface area contributed by atoms with Crippen molar-refractivity contribution in [3.8, 4) is 0 Å². The molecule has 0 amide bonds. The van der Waals surface area contributed by atoms with Gasteiger partial charge in [-0.3, -0.25) is 0 Å². The molecule has 0 atom stereocenters. The third-order valence-corrected chi connectivity index (χ3v) is 5.57. The SMILES string of the molecule is C=C(CCCCC1CCC(S(=O)(=O)[O-])CC1)OOCCCC.[Na+]. The van der Waals surface area contributed by atoms with Gasteiger partial charge in [0.2, 0.25) is 0 Å². The molecule has 1 saturated carbocycles. The summed E-state index contributed by atoms with van der Waals surface area (Å²) < 4.78 is 32.9. The van der Waals surface area contributed by atoms with Crippen LogP contribution in [0.1, 0.15) is 71.1 Å². The third kappa shape index (κ3) is 10.8. The van der Waals surface area contributed by atoms with Gasteiger partial charge >= 0.3 is 29.6 Å². The van der Waals surface area contributed by atoms with E-state index in [0.29, 0.717) is 31.1 Å². The van der Waals surface area contributed by atoms with Gasteiger partial charge in [0.1, 0.15) is 5.76 Å². The number of allylic oxidation sites excluding steroid dienone is 1. The first-order chi connectivity index (χ1) is 10.4. The standard InChI is InChI=1S/C16H30O5S.Na/c1-3-4-13-20-21-14(2)7-5-6-8-15-9-11-16(12-10-15)22(17,18)19;/h15-16H,2-13H2,1H3,(H,17,18,19);/q;+1/p-1. The van der Waals surface area contributed by atoms with Gasteiger partial charge < -0.3 is 9.44 Å². The second-order valence-electron chi connectivity index (χ2n) is 6.18. The van der Waals surface area contributed by atoms with E-state index < -0.39 is 15.4 Å². The molecule has 0 N–H and O–H groups in total. The first kappa shape index (κ1) is 23.4. The van der Waals surface area contributed by atoms with E-state index in [1.807, 2.05) is 0 Å². The Bertz CT molecular complexity index is 416. The molecule has 0 saturated heterocycles. The van der Waals surface area contributed by atoms with Gasteiger partial charge in [-0.15, -0.1) is 0 Å². The van der Waals surface area contributed by atoms with Gasteiger partial charge in [0.05, 0.1) is 16.7 Å². The van der Waals surface area contributed by atoms with E-state index in [4.69, 9.17) is 9.78 Å². The number of unbranched alkanes of at least 4 members (excludes halogenated alkanes) is 2.